The molecular formula is C23H27F5N6O2. The Kier molecular flexibility index (Phi) is 7.59. The number of nitrogens with one attached hydrogen (secondary N) is 1. The first-order chi connectivity index (χ1) is 17.0. The van der Waals surface area contributed by atoms with Gasteiger partial charge in [0, 0.05) is 31.1 Å². The average Bonchev–Trinajstić information content (AvgIpc) is 3.27. The highest BCUT2D eigenvalue weighted by molar-refractivity contribution is 5.75. The standard InChI is InChI=1S/C23H27F5N6O2/c24-16-8-14(23(26,27)28)3-4-15(16)17-2-1-6-34(17)22-20(25)21(31-12-32-22)30-9-13-5-7-33(10-18(13)35)11-19(29)36/h3-4,8,12-13,17-18,35H,1-2,5-7,9-11H2,(H2,29,36)(H,30,31,32). The third-order valence-corrected chi connectivity index (χ3v) is 6.70. The van der Waals surface area contributed by atoms with Gasteiger partial charge in [-0.1, -0.05) is 6.07 Å². The minimum absolute atomic E-state index is 0.0406. The van der Waals surface area contributed by atoms with Crippen molar-refractivity contribution >= 4 is 17.5 Å². The predicted octanol–water partition coefficient (Wildman–Crippen LogP) is 2.70. The molecule has 1 aromatic carbocycles. The normalized spacial score (nSPS) is 23.2. The summed E-state index contributed by atoms with van der Waals surface area (Å²) in [6.07, 6.45) is -2.70. The molecule has 2 aliphatic heterocycles. The maximum atomic E-state index is 15.4. The summed E-state index contributed by atoms with van der Waals surface area (Å²) in [6, 6.07) is 1.68. The van der Waals surface area contributed by atoms with E-state index < -0.39 is 41.4 Å². The fraction of sp³-hybridized carbons (Fsp3) is 0.522. The van der Waals surface area contributed by atoms with Gasteiger partial charge in [-0.2, -0.15) is 17.6 Å². The SMILES string of the molecule is NC(=O)CN1CCC(CNc2ncnc(N3CCCC3c3ccc(C(F)(F)F)cc3F)c2F)C(O)C1. The van der Waals surface area contributed by atoms with Crippen molar-refractivity contribution in [3.05, 3.63) is 47.3 Å². The second-order valence-electron chi connectivity index (χ2n) is 9.14. The Balaban J connectivity index is 1.47. The van der Waals surface area contributed by atoms with Gasteiger partial charge >= 0.3 is 6.18 Å². The maximum Gasteiger partial charge on any atom is 0.416 e. The number of halogens is 5. The van der Waals surface area contributed by atoms with Crippen molar-refractivity contribution in [3.63, 3.8) is 0 Å². The molecule has 0 saturated carbocycles. The number of anilines is 2. The lowest BCUT2D eigenvalue weighted by Crippen LogP contribution is -2.48. The van der Waals surface area contributed by atoms with Gasteiger partial charge in [0.05, 0.1) is 24.3 Å². The lowest BCUT2D eigenvalue weighted by Gasteiger charge is -2.35. The van der Waals surface area contributed by atoms with Crippen LogP contribution in [0, 0.1) is 17.6 Å². The third kappa shape index (κ3) is 5.67. The van der Waals surface area contributed by atoms with Crippen molar-refractivity contribution in [1.29, 1.82) is 0 Å². The number of hydrogen-bond donors (Lipinski definition) is 3. The Hall–Kier alpha value is -3.06. The maximum absolute atomic E-state index is 15.4. The van der Waals surface area contributed by atoms with E-state index in [2.05, 4.69) is 15.3 Å². The number of carbonyl (C=O) groups is 1. The lowest BCUT2D eigenvalue weighted by atomic mass is 9.93. The molecule has 13 heteroatoms. The van der Waals surface area contributed by atoms with Crippen LogP contribution < -0.4 is 16.0 Å². The van der Waals surface area contributed by atoms with Gasteiger partial charge < -0.3 is 21.1 Å². The number of nitrogens with two attached hydrogens (primary N) is 1. The van der Waals surface area contributed by atoms with Gasteiger partial charge in [-0.15, -0.1) is 0 Å². The van der Waals surface area contributed by atoms with Crippen LogP contribution in [0.15, 0.2) is 24.5 Å². The highest BCUT2D eigenvalue weighted by atomic mass is 19.4. The second kappa shape index (κ2) is 10.5. The van der Waals surface area contributed by atoms with Crippen LogP contribution >= 0.6 is 0 Å². The molecule has 2 aromatic rings. The van der Waals surface area contributed by atoms with Gasteiger partial charge in [0.25, 0.3) is 0 Å². The van der Waals surface area contributed by atoms with E-state index >= 15 is 4.39 Å². The molecule has 4 N–H and O–H groups in total. The number of β-amino-alcohol motifs (C(OH)–C–C–N with tert-alkyl or cyclic N) is 1. The summed E-state index contributed by atoms with van der Waals surface area (Å²) in [5.74, 6) is -2.64. The monoisotopic (exact) mass is 514 g/mol. The van der Waals surface area contributed by atoms with Gasteiger partial charge in [-0.3, -0.25) is 9.69 Å². The zero-order valence-electron chi connectivity index (χ0n) is 19.3. The van der Waals surface area contributed by atoms with Crippen LogP contribution in [0.5, 0.6) is 0 Å². The molecule has 1 aromatic heterocycles. The first kappa shape index (κ1) is 26.0. The van der Waals surface area contributed by atoms with E-state index in [-0.39, 0.29) is 42.8 Å². The number of rotatable bonds is 7. The summed E-state index contributed by atoms with van der Waals surface area (Å²) >= 11 is 0. The predicted molar refractivity (Wildman–Crippen MR) is 121 cm³/mol. The summed E-state index contributed by atoms with van der Waals surface area (Å²) in [5, 5.41) is 13.3. The molecular weight excluding hydrogens is 487 g/mol. The third-order valence-electron chi connectivity index (χ3n) is 6.70. The summed E-state index contributed by atoms with van der Waals surface area (Å²) in [6.45, 7) is 1.43. The van der Waals surface area contributed by atoms with Crippen LogP contribution in [0.25, 0.3) is 0 Å². The summed E-state index contributed by atoms with van der Waals surface area (Å²) in [7, 11) is 0. The first-order valence-electron chi connectivity index (χ1n) is 11.6. The molecule has 0 radical (unpaired) electrons. The minimum atomic E-state index is -4.67. The van der Waals surface area contributed by atoms with E-state index in [9.17, 15) is 27.5 Å². The second-order valence-corrected chi connectivity index (χ2v) is 9.14. The van der Waals surface area contributed by atoms with Crippen LogP contribution in [0.1, 0.15) is 36.4 Å². The number of benzene rings is 1. The molecule has 36 heavy (non-hydrogen) atoms. The highest BCUT2D eigenvalue weighted by Crippen LogP contribution is 2.39. The van der Waals surface area contributed by atoms with E-state index in [0.29, 0.717) is 38.4 Å². The zero-order valence-corrected chi connectivity index (χ0v) is 19.3. The Labute approximate surface area is 204 Å². The lowest BCUT2D eigenvalue weighted by molar-refractivity contribution is -0.137. The molecule has 196 valence electrons. The highest BCUT2D eigenvalue weighted by Gasteiger charge is 2.35. The number of primary amides is 1. The molecule has 4 rings (SSSR count). The molecule has 0 spiro atoms. The number of hydrogen-bond acceptors (Lipinski definition) is 7. The van der Waals surface area contributed by atoms with Gasteiger partial charge in [0.2, 0.25) is 11.7 Å². The molecule has 2 fully saturated rings. The molecule has 1 amide bonds. The summed E-state index contributed by atoms with van der Waals surface area (Å²) < 4.78 is 68.8. The topological polar surface area (TPSA) is 108 Å². The molecule has 3 atom stereocenters. The molecule has 0 aliphatic carbocycles. The zero-order chi connectivity index (χ0) is 26.0. The average molecular weight is 514 g/mol. The number of carbonyl (C=O) groups excluding carboxylic acids is 1. The van der Waals surface area contributed by atoms with Crippen molar-refractivity contribution in [2.75, 3.05) is 42.9 Å². The van der Waals surface area contributed by atoms with Crippen molar-refractivity contribution in [1.82, 2.24) is 14.9 Å². The quantitative estimate of drug-likeness (QED) is 0.488. The molecule has 8 nitrogen and oxygen atoms in total. The van der Waals surface area contributed by atoms with Crippen LogP contribution in [0.3, 0.4) is 0 Å². The summed E-state index contributed by atoms with van der Waals surface area (Å²) in [4.78, 5) is 22.4. The van der Waals surface area contributed by atoms with Crippen molar-refractivity contribution in [2.24, 2.45) is 11.7 Å². The fourth-order valence-corrected chi connectivity index (χ4v) is 4.88. The number of aliphatic hydroxyl groups is 1. The molecule has 2 saturated heterocycles. The van der Waals surface area contributed by atoms with Crippen LogP contribution in [0.4, 0.5) is 33.6 Å². The number of aliphatic hydroxyl groups excluding tert-OH is 1. The van der Waals surface area contributed by atoms with Crippen LogP contribution in [0.2, 0.25) is 0 Å². The first-order valence-corrected chi connectivity index (χ1v) is 11.6. The van der Waals surface area contributed by atoms with Gasteiger partial charge in [0.1, 0.15) is 12.1 Å². The van der Waals surface area contributed by atoms with Gasteiger partial charge in [-0.05, 0) is 37.9 Å². The van der Waals surface area contributed by atoms with Gasteiger partial charge in [-0.25, -0.2) is 14.4 Å². The number of likely N-dealkylation sites (tertiary alicyclic amines) is 1. The Morgan fingerprint density at radius 1 is 1.19 bits per heavy atom. The molecule has 0 bridgehead atoms. The smallest absolute Gasteiger partial charge is 0.391 e. The Morgan fingerprint density at radius 2 is 1.97 bits per heavy atom. The number of aromatic nitrogens is 2. The van der Waals surface area contributed by atoms with Crippen molar-refractivity contribution in [2.45, 2.75) is 37.6 Å². The van der Waals surface area contributed by atoms with Crippen LogP contribution in [-0.2, 0) is 11.0 Å². The van der Waals surface area contributed by atoms with E-state index in [1.165, 1.54) is 4.90 Å². The largest absolute Gasteiger partial charge is 0.416 e. The van der Waals surface area contributed by atoms with Gasteiger partial charge in [0.15, 0.2) is 11.6 Å². The number of piperidine rings is 1. The number of nitrogens with zero attached hydrogens (tertiary/aromatic N) is 4. The fourth-order valence-electron chi connectivity index (χ4n) is 4.88. The molecule has 2 aliphatic rings. The molecule has 3 heterocycles. The van der Waals surface area contributed by atoms with Crippen molar-refractivity contribution in [3.8, 4) is 0 Å². The van der Waals surface area contributed by atoms with E-state index in [1.807, 2.05) is 0 Å². The van der Waals surface area contributed by atoms with E-state index in [4.69, 9.17) is 5.73 Å². The Bertz CT molecular complexity index is 1100. The van der Waals surface area contributed by atoms with E-state index in [1.54, 1.807) is 4.90 Å². The van der Waals surface area contributed by atoms with Crippen LogP contribution in [-0.4, -0.2) is 64.7 Å². The van der Waals surface area contributed by atoms with Crippen molar-refractivity contribution < 1.29 is 31.9 Å². The molecule has 3 unspecified atom stereocenters. The summed E-state index contributed by atoms with van der Waals surface area (Å²) in [5.41, 5.74) is 4.15. The van der Waals surface area contributed by atoms with E-state index in [0.717, 1.165) is 18.5 Å². The minimum Gasteiger partial charge on any atom is -0.391 e. The Morgan fingerprint density at radius 3 is 2.64 bits per heavy atom. The number of alkyl halides is 3. The number of amides is 1.